The van der Waals surface area contributed by atoms with Crippen LogP contribution < -0.4 is 5.14 Å². The normalized spacial score (nSPS) is 11.9. The number of sulfonamides is 1. The number of rotatable bonds is 4. The van der Waals surface area contributed by atoms with Crippen LogP contribution in [-0.4, -0.2) is 24.6 Å². The fraction of sp³-hybridized carbons (Fsp3) is 0. The van der Waals surface area contributed by atoms with E-state index in [1.54, 1.807) is 24.3 Å². The summed E-state index contributed by atoms with van der Waals surface area (Å²) in [6.07, 6.45) is 0. The average Bonchev–Trinajstić information content (AvgIpc) is 2.60. The molecule has 9 heteroatoms. The zero-order valence-corrected chi connectivity index (χ0v) is 14.0. The molecule has 26 heavy (non-hydrogen) atoms. The van der Waals surface area contributed by atoms with Crippen molar-refractivity contribution in [3.8, 4) is 5.75 Å². The Balaban J connectivity index is 2.13. The average molecular weight is 371 g/mol. The molecule has 0 spiro atoms. The van der Waals surface area contributed by atoms with E-state index in [1.165, 1.54) is 30.3 Å². The number of aromatic carboxylic acids is 1. The van der Waals surface area contributed by atoms with Crippen molar-refractivity contribution in [2.75, 3.05) is 0 Å². The molecule has 0 heterocycles. The van der Waals surface area contributed by atoms with E-state index in [2.05, 4.69) is 10.2 Å². The molecule has 0 saturated carbocycles. The number of carbonyl (C=O) groups is 1. The van der Waals surface area contributed by atoms with E-state index in [1.807, 2.05) is 0 Å². The van der Waals surface area contributed by atoms with Crippen molar-refractivity contribution in [1.82, 2.24) is 0 Å². The Bertz CT molecular complexity index is 1160. The van der Waals surface area contributed by atoms with Crippen LogP contribution in [0, 0.1) is 0 Å². The van der Waals surface area contributed by atoms with Gasteiger partial charge in [0.25, 0.3) is 0 Å². The molecule has 0 amide bonds. The third-order valence-electron chi connectivity index (χ3n) is 3.64. The number of hydrogen-bond donors (Lipinski definition) is 3. The second kappa shape index (κ2) is 6.54. The maximum absolute atomic E-state index is 11.4. The Labute approximate surface area is 148 Å². The fourth-order valence-corrected chi connectivity index (χ4v) is 2.97. The molecule has 0 radical (unpaired) electrons. The largest absolute Gasteiger partial charge is 0.506 e. The lowest BCUT2D eigenvalue weighted by Gasteiger charge is -2.07. The van der Waals surface area contributed by atoms with Crippen LogP contribution in [0.25, 0.3) is 10.8 Å². The van der Waals surface area contributed by atoms with Crippen molar-refractivity contribution in [1.29, 1.82) is 0 Å². The van der Waals surface area contributed by atoms with Crippen LogP contribution in [0.4, 0.5) is 11.4 Å². The molecule has 0 aliphatic heterocycles. The molecular weight excluding hydrogens is 358 g/mol. The van der Waals surface area contributed by atoms with Crippen molar-refractivity contribution in [2.45, 2.75) is 4.90 Å². The van der Waals surface area contributed by atoms with Crippen molar-refractivity contribution in [2.24, 2.45) is 15.4 Å². The van der Waals surface area contributed by atoms with Crippen LogP contribution in [0.15, 0.2) is 69.7 Å². The Morgan fingerprint density at radius 3 is 2.31 bits per heavy atom. The molecule has 0 aromatic heterocycles. The molecule has 0 aliphatic rings. The summed E-state index contributed by atoms with van der Waals surface area (Å²) >= 11 is 0. The number of carboxylic acids is 1. The summed E-state index contributed by atoms with van der Waals surface area (Å²) in [5.41, 5.74) is 0.137. The monoisotopic (exact) mass is 371 g/mol. The van der Waals surface area contributed by atoms with E-state index in [0.717, 1.165) is 0 Å². The SMILES string of the molecule is NS(=O)(=O)c1cccc(N=Nc2cc(C(=O)O)c(O)c3ccccc23)c1. The number of azo groups is 1. The maximum Gasteiger partial charge on any atom is 0.339 e. The van der Waals surface area contributed by atoms with Crippen LogP contribution in [0.3, 0.4) is 0 Å². The minimum atomic E-state index is -3.88. The number of aromatic hydroxyl groups is 1. The summed E-state index contributed by atoms with van der Waals surface area (Å²) < 4.78 is 22.8. The smallest absolute Gasteiger partial charge is 0.339 e. The highest BCUT2D eigenvalue weighted by Crippen LogP contribution is 2.36. The molecule has 0 aliphatic carbocycles. The van der Waals surface area contributed by atoms with Crippen molar-refractivity contribution in [3.63, 3.8) is 0 Å². The third-order valence-corrected chi connectivity index (χ3v) is 4.56. The van der Waals surface area contributed by atoms with Gasteiger partial charge < -0.3 is 10.2 Å². The molecule has 3 aromatic rings. The third kappa shape index (κ3) is 3.39. The van der Waals surface area contributed by atoms with E-state index in [4.69, 9.17) is 5.14 Å². The number of nitrogens with zero attached hydrogens (tertiary/aromatic N) is 2. The number of benzene rings is 3. The van der Waals surface area contributed by atoms with Gasteiger partial charge in [0, 0.05) is 10.8 Å². The number of nitrogens with two attached hydrogens (primary N) is 1. The summed E-state index contributed by atoms with van der Waals surface area (Å²) in [7, 11) is -3.88. The topological polar surface area (TPSA) is 142 Å². The molecule has 4 N–H and O–H groups in total. The zero-order valence-electron chi connectivity index (χ0n) is 13.2. The number of hydrogen-bond acceptors (Lipinski definition) is 6. The van der Waals surface area contributed by atoms with E-state index in [0.29, 0.717) is 10.8 Å². The minimum absolute atomic E-state index is 0.115. The summed E-state index contributed by atoms with van der Waals surface area (Å²) in [6.45, 7) is 0. The van der Waals surface area contributed by atoms with Gasteiger partial charge in [-0.05, 0) is 24.3 Å². The van der Waals surface area contributed by atoms with Gasteiger partial charge in [0.05, 0.1) is 16.3 Å². The lowest BCUT2D eigenvalue weighted by Crippen LogP contribution is -2.11. The van der Waals surface area contributed by atoms with Gasteiger partial charge in [0.2, 0.25) is 10.0 Å². The van der Waals surface area contributed by atoms with Gasteiger partial charge >= 0.3 is 5.97 Å². The van der Waals surface area contributed by atoms with Crippen LogP contribution in [0.2, 0.25) is 0 Å². The van der Waals surface area contributed by atoms with Gasteiger partial charge in [-0.25, -0.2) is 18.4 Å². The zero-order chi connectivity index (χ0) is 18.9. The first-order chi connectivity index (χ1) is 12.3. The number of primary sulfonamides is 1. The molecule has 3 rings (SSSR count). The summed E-state index contributed by atoms with van der Waals surface area (Å²) in [4.78, 5) is 11.2. The Morgan fingerprint density at radius 2 is 1.65 bits per heavy atom. The van der Waals surface area contributed by atoms with Crippen LogP contribution in [0.5, 0.6) is 5.75 Å². The molecule has 132 valence electrons. The summed E-state index contributed by atoms with van der Waals surface area (Å²) in [5.74, 6) is -1.66. The number of carboxylic acid groups (broad SMARTS) is 1. The molecule has 0 bridgehead atoms. The molecule has 3 aromatic carbocycles. The molecule has 0 atom stereocenters. The van der Waals surface area contributed by atoms with E-state index in [9.17, 15) is 23.4 Å². The van der Waals surface area contributed by atoms with Crippen LogP contribution in [-0.2, 0) is 10.0 Å². The van der Waals surface area contributed by atoms with Gasteiger partial charge in [0.15, 0.2) is 0 Å². The highest BCUT2D eigenvalue weighted by atomic mass is 32.2. The van der Waals surface area contributed by atoms with E-state index < -0.39 is 16.0 Å². The van der Waals surface area contributed by atoms with Gasteiger partial charge in [-0.15, -0.1) is 5.11 Å². The van der Waals surface area contributed by atoms with Crippen LogP contribution >= 0.6 is 0 Å². The molecule has 0 fully saturated rings. The summed E-state index contributed by atoms with van der Waals surface area (Å²) in [6, 6.07) is 13.4. The number of phenols is 1. The lowest BCUT2D eigenvalue weighted by molar-refractivity contribution is 0.0694. The Morgan fingerprint density at radius 1 is 0.962 bits per heavy atom. The molecule has 8 nitrogen and oxygen atoms in total. The quantitative estimate of drug-likeness (QED) is 0.603. The minimum Gasteiger partial charge on any atom is -0.506 e. The van der Waals surface area contributed by atoms with E-state index in [-0.39, 0.29) is 27.6 Å². The highest BCUT2D eigenvalue weighted by molar-refractivity contribution is 7.89. The second-order valence-corrected chi connectivity index (χ2v) is 6.95. The highest BCUT2D eigenvalue weighted by Gasteiger charge is 2.16. The molecule has 0 unspecified atom stereocenters. The maximum atomic E-state index is 11.4. The van der Waals surface area contributed by atoms with Crippen molar-refractivity contribution >= 4 is 38.1 Å². The van der Waals surface area contributed by atoms with Gasteiger partial charge in [-0.1, -0.05) is 30.3 Å². The molecular formula is C17H13N3O5S. The predicted molar refractivity (Wildman–Crippen MR) is 94.6 cm³/mol. The first-order valence-electron chi connectivity index (χ1n) is 7.30. The first kappa shape index (κ1) is 17.5. The first-order valence-corrected chi connectivity index (χ1v) is 8.84. The Hall–Kier alpha value is -3.30. The van der Waals surface area contributed by atoms with Gasteiger partial charge in [-0.3, -0.25) is 0 Å². The summed E-state index contributed by atoms with van der Waals surface area (Å²) in [5, 5.41) is 33.3. The van der Waals surface area contributed by atoms with Gasteiger partial charge in [-0.2, -0.15) is 5.11 Å². The standard InChI is InChI=1S/C17H13N3O5S/c18-26(24,25)11-5-3-4-10(8-11)19-20-15-9-14(17(22)23)16(21)13-7-2-1-6-12(13)15/h1-9,21H,(H,22,23)(H2,18,24,25). The van der Waals surface area contributed by atoms with Crippen molar-refractivity contribution in [3.05, 3.63) is 60.2 Å². The lowest BCUT2D eigenvalue weighted by atomic mass is 10.0. The fourth-order valence-electron chi connectivity index (χ4n) is 2.42. The van der Waals surface area contributed by atoms with Gasteiger partial charge in [0.1, 0.15) is 11.3 Å². The molecule has 0 saturated heterocycles. The number of fused-ring (bicyclic) bond motifs is 1. The van der Waals surface area contributed by atoms with Crippen molar-refractivity contribution < 1.29 is 23.4 Å². The van der Waals surface area contributed by atoms with Crippen LogP contribution in [0.1, 0.15) is 10.4 Å². The second-order valence-electron chi connectivity index (χ2n) is 5.38. The Kier molecular flexibility index (Phi) is 4.41. The predicted octanol–water partition coefficient (Wildman–Crippen LogP) is 3.31. The van der Waals surface area contributed by atoms with E-state index >= 15 is 0 Å².